The summed E-state index contributed by atoms with van der Waals surface area (Å²) in [5.74, 6) is 0.535. The molecule has 1 atom stereocenters. The van der Waals surface area contributed by atoms with Crippen LogP contribution in [0, 0.1) is 0 Å². The first-order chi connectivity index (χ1) is 12.9. The average Bonchev–Trinajstić information content (AvgIpc) is 2.55. The number of guanidine groups is 1. The van der Waals surface area contributed by atoms with Gasteiger partial charge in [0.2, 0.25) is 0 Å². The third kappa shape index (κ3) is 11.5. The van der Waals surface area contributed by atoms with Crippen molar-refractivity contribution in [3.8, 4) is 0 Å². The maximum absolute atomic E-state index is 12.0. The van der Waals surface area contributed by atoms with Gasteiger partial charge in [-0.1, -0.05) is 29.8 Å². The Morgan fingerprint density at radius 1 is 1.21 bits per heavy atom. The largest absolute Gasteiger partial charge is 0.444 e. The lowest BCUT2D eigenvalue weighted by Gasteiger charge is -2.27. The summed E-state index contributed by atoms with van der Waals surface area (Å²) < 4.78 is 5.29. The van der Waals surface area contributed by atoms with Crippen LogP contribution in [0.15, 0.2) is 29.3 Å². The second kappa shape index (κ2) is 12.4. The van der Waals surface area contributed by atoms with E-state index in [-0.39, 0.29) is 30.5 Å². The number of ether oxygens (including phenoxy) is 1. The molecular weight excluding hydrogens is 507 g/mol. The number of halogens is 2. The van der Waals surface area contributed by atoms with Crippen molar-refractivity contribution in [2.45, 2.75) is 58.8 Å². The van der Waals surface area contributed by atoms with E-state index in [0.29, 0.717) is 29.6 Å². The zero-order chi connectivity index (χ0) is 21.4. The first-order valence-electron chi connectivity index (χ1n) is 9.39. The number of aliphatic hydroxyl groups is 1. The third-order valence-corrected chi connectivity index (χ3v) is 3.89. The monoisotopic (exact) mass is 540 g/mol. The molecule has 0 aromatic heterocycles. The fraction of sp³-hybridized carbons (Fsp3) is 0.600. The van der Waals surface area contributed by atoms with E-state index < -0.39 is 23.3 Å². The van der Waals surface area contributed by atoms with E-state index in [4.69, 9.17) is 16.3 Å². The van der Waals surface area contributed by atoms with Crippen molar-refractivity contribution >= 4 is 47.6 Å². The van der Waals surface area contributed by atoms with Gasteiger partial charge in [0.1, 0.15) is 5.60 Å². The Balaban J connectivity index is 0.00000784. The van der Waals surface area contributed by atoms with Crippen LogP contribution in [-0.4, -0.2) is 47.9 Å². The number of carbonyl (C=O) groups excluding carboxylic acids is 1. The van der Waals surface area contributed by atoms with Crippen LogP contribution in [0.5, 0.6) is 0 Å². The molecule has 29 heavy (non-hydrogen) atoms. The molecule has 0 aliphatic rings. The second-order valence-corrected chi connectivity index (χ2v) is 8.53. The highest BCUT2D eigenvalue weighted by Crippen LogP contribution is 2.21. The summed E-state index contributed by atoms with van der Waals surface area (Å²) in [6, 6.07) is 7.17. The number of alkyl carbamates (subject to hydrolysis) is 1. The fourth-order valence-electron chi connectivity index (χ4n) is 2.29. The van der Waals surface area contributed by atoms with Crippen LogP contribution in [0.2, 0.25) is 5.02 Å². The van der Waals surface area contributed by atoms with Gasteiger partial charge in [0, 0.05) is 23.7 Å². The van der Waals surface area contributed by atoms with Crippen molar-refractivity contribution in [2.75, 3.05) is 19.6 Å². The van der Waals surface area contributed by atoms with E-state index in [1.54, 1.807) is 12.1 Å². The van der Waals surface area contributed by atoms with Crippen LogP contribution in [0.4, 0.5) is 4.79 Å². The summed E-state index contributed by atoms with van der Waals surface area (Å²) in [6.45, 7) is 12.4. The van der Waals surface area contributed by atoms with Gasteiger partial charge in [0.15, 0.2) is 5.96 Å². The maximum Gasteiger partial charge on any atom is 0.408 e. The minimum Gasteiger partial charge on any atom is -0.444 e. The summed E-state index contributed by atoms with van der Waals surface area (Å²) in [5, 5.41) is 19.9. The Morgan fingerprint density at radius 2 is 1.83 bits per heavy atom. The van der Waals surface area contributed by atoms with E-state index in [1.165, 1.54) is 0 Å². The Hall–Kier alpha value is -1.26. The molecular formula is C20H34ClIN4O3. The number of benzene rings is 1. The number of nitrogens with zero attached hydrogens (tertiary/aromatic N) is 1. The lowest BCUT2D eigenvalue weighted by molar-refractivity contribution is 0.0476. The molecule has 0 aliphatic carbocycles. The molecule has 1 aromatic carbocycles. The molecule has 1 rings (SSSR count). The summed E-state index contributed by atoms with van der Waals surface area (Å²) in [4.78, 5) is 16.5. The van der Waals surface area contributed by atoms with Crippen molar-refractivity contribution in [3.05, 3.63) is 34.9 Å². The lowest BCUT2D eigenvalue weighted by Crippen LogP contribution is -2.49. The van der Waals surface area contributed by atoms with E-state index >= 15 is 0 Å². The predicted molar refractivity (Wildman–Crippen MR) is 129 cm³/mol. The van der Waals surface area contributed by atoms with Gasteiger partial charge in [-0.3, -0.25) is 4.99 Å². The highest BCUT2D eigenvalue weighted by atomic mass is 127. The number of amides is 1. The Kier molecular flexibility index (Phi) is 11.9. The van der Waals surface area contributed by atoms with E-state index in [9.17, 15) is 9.90 Å². The Morgan fingerprint density at radius 3 is 2.38 bits per heavy atom. The van der Waals surface area contributed by atoms with Gasteiger partial charge in [0.05, 0.1) is 18.2 Å². The van der Waals surface area contributed by atoms with Gasteiger partial charge < -0.3 is 25.8 Å². The first-order valence-corrected chi connectivity index (χ1v) is 9.77. The molecule has 0 saturated carbocycles. The highest BCUT2D eigenvalue weighted by Gasteiger charge is 2.24. The molecule has 0 spiro atoms. The molecule has 0 aliphatic heterocycles. The number of aliphatic hydroxyl groups excluding tert-OH is 1. The zero-order valence-electron chi connectivity index (χ0n) is 18.0. The molecule has 1 unspecified atom stereocenters. The number of aliphatic imine (C=N–C) groups is 1. The quantitative estimate of drug-likeness (QED) is 0.239. The van der Waals surface area contributed by atoms with Crippen molar-refractivity contribution in [2.24, 2.45) is 4.99 Å². The molecule has 1 amide bonds. The topological polar surface area (TPSA) is 95.0 Å². The zero-order valence-corrected chi connectivity index (χ0v) is 21.1. The van der Waals surface area contributed by atoms with Crippen molar-refractivity contribution in [1.29, 1.82) is 0 Å². The smallest absolute Gasteiger partial charge is 0.408 e. The molecule has 4 N–H and O–H groups in total. The second-order valence-electron chi connectivity index (χ2n) is 8.12. The van der Waals surface area contributed by atoms with Crippen LogP contribution in [-0.2, 0) is 4.74 Å². The number of carbonyl (C=O) groups is 1. The molecule has 1 aromatic rings. The molecule has 0 radical (unpaired) electrons. The van der Waals surface area contributed by atoms with Crippen molar-refractivity contribution < 1.29 is 14.6 Å². The third-order valence-electron chi connectivity index (χ3n) is 3.54. The normalized spacial score (nSPS) is 13.2. The summed E-state index contributed by atoms with van der Waals surface area (Å²) in [7, 11) is 0. The number of hydrogen-bond acceptors (Lipinski definition) is 4. The van der Waals surface area contributed by atoms with Crippen LogP contribution >= 0.6 is 35.6 Å². The summed E-state index contributed by atoms with van der Waals surface area (Å²) in [5.41, 5.74) is -0.514. The molecule has 0 saturated heterocycles. The first kappa shape index (κ1) is 27.7. The highest BCUT2D eigenvalue weighted by molar-refractivity contribution is 14.0. The number of nitrogens with one attached hydrogen (secondary N) is 3. The Labute approximate surface area is 196 Å². The summed E-state index contributed by atoms with van der Waals surface area (Å²) in [6.07, 6.45) is -1.26. The number of hydrogen-bond donors (Lipinski definition) is 4. The van der Waals surface area contributed by atoms with Crippen LogP contribution in [0.25, 0.3) is 0 Å². The molecule has 7 nitrogen and oxygen atoms in total. The average molecular weight is 541 g/mol. The minimum atomic E-state index is -0.773. The lowest BCUT2D eigenvalue weighted by atomic mass is 10.1. The van der Waals surface area contributed by atoms with Gasteiger partial charge in [-0.2, -0.15) is 0 Å². The van der Waals surface area contributed by atoms with Gasteiger partial charge >= 0.3 is 6.09 Å². The maximum atomic E-state index is 12.0. The predicted octanol–water partition coefficient (Wildman–Crippen LogP) is 3.85. The van der Waals surface area contributed by atoms with Gasteiger partial charge in [-0.25, -0.2) is 4.79 Å². The fourth-order valence-corrected chi connectivity index (χ4v) is 2.55. The molecule has 9 heteroatoms. The molecule has 0 bridgehead atoms. The molecule has 166 valence electrons. The molecule has 0 heterocycles. The minimum absolute atomic E-state index is 0. The Bertz CT molecular complexity index is 678. The standard InChI is InChI=1S/C20H33ClN4O3.HI/c1-7-22-17(23-12-16(26)14-10-8-9-11-15(14)21)24-13-20(5,6)25-18(27)28-19(2,3)4;/h8-11,16,26H,7,12-13H2,1-6H3,(H,25,27)(H2,22,23,24);1H. The SMILES string of the molecule is CCNC(=NCC(C)(C)NC(=O)OC(C)(C)C)NCC(O)c1ccccc1Cl.I. The van der Waals surface area contributed by atoms with Crippen LogP contribution in [0.1, 0.15) is 53.2 Å². The van der Waals surface area contributed by atoms with Gasteiger partial charge in [0.25, 0.3) is 0 Å². The van der Waals surface area contributed by atoms with Gasteiger partial charge in [-0.15, -0.1) is 24.0 Å². The number of rotatable bonds is 7. The van der Waals surface area contributed by atoms with E-state index in [0.717, 1.165) is 0 Å². The van der Waals surface area contributed by atoms with E-state index in [1.807, 2.05) is 53.7 Å². The van der Waals surface area contributed by atoms with E-state index in [2.05, 4.69) is 20.9 Å². The van der Waals surface area contributed by atoms with Crippen LogP contribution in [0.3, 0.4) is 0 Å². The molecule has 0 fully saturated rings. The van der Waals surface area contributed by atoms with Crippen LogP contribution < -0.4 is 16.0 Å². The van der Waals surface area contributed by atoms with Crippen molar-refractivity contribution in [3.63, 3.8) is 0 Å². The van der Waals surface area contributed by atoms with Crippen molar-refractivity contribution in [1.82, 2.24) is 16.0 Å². The summed E-state index contributed by atoms with van der Waals surface area (Å²) >= 11 is 6.13. The van der Waals surface area contributed by atoms with Gasteiger partial charge in [-0.05, 0) is 47.6 Å².